The minimum absolute atomic E-state index is 0.0605. The summed E-state index contributed by atoms with van der Waals surface area (Å²) in [5, 5.41) is 2.96. The van der Waals surface area contributed by atoms with Crippen molar-refractivity contribution < 1.29 is 14.3 Å². The molecule has 1 amide bonds. The minimum atomic E-state index is -0.0605. The third-order valence-electron chi connectivity index (χ3n) is 3.84. The number of hydrogen-bond acceptors (Lipinski definition) is 4. The molecule has 0 aliphatic carbocycles. The second-order valence-electron chi connectivity index (χ2n) is 5.87. The van der Waals surface area contributed by atoms with Gasteiger partial charge in [0.15, 0.2) is 0 Å². The van der Waals surface area contributed by atoms with E-state index in [0.29, 0.717) is 12.5 Å². The van der Waals surface area contributed by atoms with Crippen molar-refractivity contribution in [2.45, 2.75) is 6.92 Å². The van der Waals surface area contributed by atoms with Gasteiger partial charge in [0.1, 0.15) is 5.75 Å². The van der Waals surface area contributed by atoms with Crippen LogP contribution in [0.5, 0.6) is 5.75 Å². The molecular weight excluding hydrogens is 292 g/mol. The largest absolute Gasteiger partial charge is 0.497 e. The fourth-order valence-corrected chi connectivity index (χ4v) is 2.51. The lowest BCUT2D eigenvalue weighted by molar-refractivity contribution is -0.116. The second kappa shape index (κ2) is 9.33. The van der Waals surface area contributed by atoms with Crippen LogP contribution in [0, 0.1) is 5.92 Å². The number of nitrogens with one attached hydrogen (secondary N) is 1. The Balaban J connectivity index is 1.69. The molecule has 1 heterocycles. The number of amides is 1. The quantitative estimate of drug-likeness (QED) is 0.779. The van der Waals surface area contributed by atoms with Gasteiger partial charge in [-0.05, 0) is 29.7 Å². The lowest BCUT2D eigenvalue weighted by Crippen LogP contribution is -2.41. The summed E-state index contributed by atoms with van der Waals surface area (Å²) in [6, 6.07) is 7.59. The highest BCUT2D eigenvalue weighted by Crippen LogP contribution is 2.12. The summed E-state index contributed by atoms with van der Waals surface area (Å²) in [5.41, 5.74) is 0.974. The smallest absolute Gasteiger partial charge is 0.244 e. The molecule has 126 valence electrons. The Hall–Kier alpha value is -1.85. The van der Waals surface area contributed by atoms with Crippen molar-refractivity contribution >= 4 is 12.0 Å². The van der Waals surface area contributed by atoms with Gasteiger partial charge in [0.05, 0.1) is 20.3 Å². The van der Waals surface area contributed by atoms with E-state index >= 15 is 0 Å². The zero-order valence-electron chi connectivity index (χ0n) is 14.0. The summed E-state index contributed by atoms with van der Waals surface area (Å²) in [4.78, 5) is 14.3. The number of morpholine rings is 1. The molecule has 23 heavy (non-hydrogen) atoms. The van der Waals surface area contributed by atoms with Crippen LogP contribution < -0.4 is 10.1 Å². The summed E-state index contributed by atoms with van der Waals surface area (Å²) in [5.74, 6) is 1.17. The SMILES string of the molecule is COc1ccc(/C=C/C(=O)NCC(C)CN2CCOCC2)cc1. The first-order valence-electron chi connectivity index (χ1n) is 8.07. The Kier molecular flexibility index (Phi) is 7.10. The van der Waals surface area contributed by atoms with Crippen LogP contribution in [0.4, 0.5) is 0 Å². The summed E-state index contributed by atoms with van der Waals surface area (Å²) in [6.07, 6.45) is 3.38. The fraction of sp³-hybridized carbons (Fsp3) is 0.500. The Bertz CT molecular complexity index is 508. The summed E-state index contributed by atoms with van der Waals surface area (Å²) >= 11 is 0. The molecule has 0 spiro atoms. The Morgan fingerprint density at radius 1 is 1.35 bits per heavy atom. The van der Waals surface area contributed by atoms with E-state index in [4.69, 9.17) is 9.47 Å². The lowest BCUT2D eigenvalue weighted by Gasteiger charge is -2.29. The number of rotatable bonds is 7. The predicted molar refractivity (Wildman–Crippen MR) is 91.5 cm³/mol. The van der Waals surface area contributed by atoms with Crippen LogP contribution in [0.2, 0.25) is 0 Å². The monoisotopic (exact) mass is 318 g/mol. The van der Waals surface area contributed by atoms with E-state index in [1.54, 1.807) is 19.3 Å². The molecule has 1 aromatic rings. The number of carbonyl (C=O) groups is 1. The zero-order valence-corrected chi connectivity index (χ0v) is 14.0. The van der Waals surface area contributed by atoms with Crippen LogP contribution in [-0.4, -0.2) is 57.3 Å². The number of carbonyl (C=O) groups excluding carboxylic acids is 1. The first kappa shape index (κ1) is 17.5. The van der Waals surface area contributed by atoms with Gasteiger partial charge in [-0.1, -0.05) is 19.1 Å². The van der Waals surface area contributed by atoms with Crippen molar-refractivity contribution in [1.29, 1.82) is 0 Å². The van der Waals surface area contributed by atoms with Gasteiger partial charge in [0.25, 0.3) is 0 Å². The predicted octanol–water partition coefficient (Wildman–Crippen LogP) is 1.79. The van der Waals surface area contributed by atoms with E-state index in [0.717, 1.165) is 44.2 Å². The molecular formula is C18H26N2O3. The Morgan fingerprint density at radius 2 is 2.04 bits per heavy atom. The highest BCUT2D eigenvalue weighted by atomic mass is 16.5. The number of ether oxygens (including phenoxy) is 2. The molecule has 0 bridgehead atoms. The maximum Gasteiger partial charge on any atom is 0.244 e. The molecule has 5 nitrogen and oxygen atoms in total. The highest BCUT2D eigenvalue weighted by molar-refractivity contribution is 5.91. The molecule has 2 rings (SSSR count). The summed E-state index contributed by atoms with van der Waals surface area (Å²) in [7, 11) is 1.64. The van der Waals surface area contributed by atoms with E-state index in [9.17, 15) is 4.79 Å². The van der Waals surface area contributed by atoms with Crippen LogP contribution in [0.15, 0.2) is 30.3 Å². The van der Waals surface area contributed by atoms with Gasteiger partial charge in [-0.15, -0.1) is 0 Å². The van der Waals surface area contributed by atoms with Crippen LogP contribution in [0.1, 0.15) is 12.5 Å². The Labute approximate surface area is 138 Å². The summed E-state index contributed by atoms with van der Waals surface area (Å²) < 4.78 is 10.4. The average molecular weight is 318 g/mol. The van der Waals surface area contributed by atoms with Gasteiger partial charge < -0.3 is 14.8 Å². The van der Waals surface area contributed by atoms with Gasteiger partial charge in [-0.2, -0.15) is 0 Å². The molecule has 1 aliphatic rings. The lowest BCUT2D eigenvalue weighted by atomic mass is 10.1. The highest BCUT2D eigenvalue weighted by Gasteiger charge is 2.13. The topological polar surface area (TPSA) is 50.8 Å². The second-order valence-corrected chi connectivity index (χ2v) is 5.87. The van der Waals surface area contributed by atoms with Crippen LogP contribution in [0.3, 0.4) is 0 Å². The van der Waals surface area contributed by atoms with Gasteiger partial charge in [-0.3, -0.25) is 9.69 Å². The first-order chi connectivity index (χ1) is 11.2. The zero-order chi connectivity index (χ0) is 16.5. The molecule has 1 unspecified atom stereocenters. The molecule has 1 aliphatic heterocycles. The maximum atomic E-state index is 11.9. The van der Waals surface area contributed by atoms with Crippen LogP contribution in [-0.2, 0) is 9.53 Å². The number of methoxy groups -OCH3 is 1. The molecule has 0 saturated carbocycles. The molecule has 1 saturated heterocycles. The van der Waals surface area contributed by atoms with E-state index in [1.807, 2.05) is 24.3 Å². The van der Waals surface area contributed by atoms with Crippen LogP contribution in [0.25, 0.3) is 6.08 Å². The average Bonchev–Trinajstić information content (AvgIpc) is 2.59. The molecule has 1 atom stereocenters. The molecule has 5 heteroatoms. The van der Waals surface area contributed by atoms with Gasteiger partial charge in [0, 0.05) is 32.3 Å². The third kappa shape index (κ3) is 6.42. The van der Waals surface area contributed by atoms with Crippen molar-refractivity contribution in [2.24, 2.45) is 5.92 Å². The van der Waals surface area contributed by atoms with E-state index in [2.05, 4.69) is 17.1 Å². The van der Waals surface area contributed by atoms with Crippen molar-refractivity contribution in [1.82, 2.24) is 10.2 Å². The number of hydrogen-bond donors (Lipinski definition) is 1. The molecule has 1 N–H and O–H groups in total. The van der Waals surface area contributed by atoms with Crippen molar-refractivity contribution in [3.63, 3.8) is 0 Å². The van der Waals surface area contributed by atoms with E-state index in [-0.39, 0.29) is 5.91 Å². The van der Waals surface area contributed by atoms with Gasteiger partial charge in [0.2, 0.25) is 5.91 Å². The molecule has 1 aromatic carbocycles. The van der Waals surface area contributed by atoms with Crippen molar-refractivity contribution in [3.8, 4) is 5.75 Å². The Morgan fingerprint density at radius 3 is 2.70 bits per heavy atom. The molecule has 0 aromatic heterocycles. The maximum absolute atomic E-state index is 11.9. The van der Waals surface area contributed by atoms with E-state index in [1.165, 1.54) is 0 Å². The minimum Gasteiger partial charge on any atom is -0.497 e. The van der Waals surface area contributed by atoms with Crippen molar-refractivity contribution in [3.05, 3.63) is 35.9 Å². The van der Waals surface area contributed by atoms with E-state index < -0.39 is 0 Å². The number of benzene rings is 1. The van der Waals surface area contributed by atoms with Gasteiger partial charge in [-0.25, -0.2) is 0 Å². The van der Waals surface area contributed by atoms with Crippen LogP contribution >= 0.6 is 0 Å². The summed E-state index contributed by atoms with van der Waals surface area (Å²) in [6.45, 7) is 7.41. The third-order valence-corrected chi connectivity index (χ3v) is 3.84. The molecule has 1 fully saturated rings. The van der Waals surface area contributed by atoms with Crippen molar-refractivity contribution in [2.75, 3.05) is 46.5 Å². The van der Waals surface area contributed by atoms with Gasteiger partial charge >= 0.3 is 0 Å². The molecule has 0 radical (unpaired) electrons. The first-order valence-corrected chi connectivity index (χ1v) is 8.07. The normalized spacial score (nSPS) is 17.1. The number of nitrogens with zero attached hydrogens (tertiary/aromatic N) is 1. The standard InChI is InChI=1S/C18H26N2O3/c1-15(14-20-9-11-23-12-10-20)13-19-18(21)8-5-16-3-6-17(22-2)7-4-16/h3-8,15H,9-14H2,1-2H3,(H,19,21)/b8-5+. The fourth-order valence-electron chi connectivity index (χ4n) is 2.51.